The Kier molecular flexibility index (Phi) is 7.40. The summed E-state index contributed by atoms with van der Waals surface area (Å²) in [5, 5.41) is 10.1. The molecule has 0 spiro atoms. The summed E-state index contributed by atoms with van der Waals surface area (Å²) in [6.45, 7) is 2.86. The smallest absolute Gasteiger partial charge is 0.161 e. The van der Waals surface area contributed by atoms with Crippen LogP contribution < -0.4 is 18.9 Å². The van der Waals surface area contributed by atoms with Crippen LogP contribution in [-0.4, -0.2) is 50.2 Å². The van der Waals surface area contributed by atoms with E-state index in [9.17, 15) is 14.7 Å². The Bertz CT molecular complexity index is 775. The van der Waals surface area contributed by atoms with E-state index in [0.717, 1.165) is 0 Å². The van der Waals surface area contributed by atoms with Crippen molar-refractivity contribution in [3.63, 3.8) is 0 Å². The number of Topliss-reactive ketones (excluding diaryl/α,β-unsaturated/α-hetero) is 2. The molecule has 1 N–H and O–H groups in total. The van der Waals surface area contributed by atoms with E-state index in [1.165, 1.54) is 28.1 Å². The molecular weight excluding hydrogens is 364 g/mol. The molecule has 0 saturated heterocycles. The van der Waals surface area contributed by atoms with Crippen LogP contribution in [-0.2, 0) is 0 Å². The minimum atomic E-state index is -0.922. The van der Waals surface area contributed by atoms with Crippen molar-refractivity contribution in [1.82, 2.24) is 0 Å². The fraction of sp³-hybridized carbons (Fsp3) is 0.333. The Hall–Kier alpha value is -3.06. The maximum Gasteiger partial charge on any atom is 0.161 e. The second-order valence-electron chi connectivity index (χ2n) is 6.12. The molecule has 7 heteroatoms. The van der Waals surface area contributed by atoms with E-state index in [4.69, 9.17) is 18.9 Å². The molecule has 0 radical (unpaired) electrons. The van der Waals surface area contributed by atoms with Gasteiger partial charge in [0.25, 0.3) is 0 Å². The van der Waals surface area contributed by atoms with Gasteiger partial charge in [-0.05, 0) is 50.2 Å². The van der Waals surface area contributed by atoms with Crippen LogP contribution >= 0.6 is 0 Å². The first kappa shape index (κ1) is 21.2. The number of carbonyl (C=O) groups excluding carboxylic acids is 2. The third kappa shape index (κ3) is 5.47. The van der Waals surface area contributed by atoms with Gasteiger partial charge in [-0.25, -0.2) is 0 Å². The Morgan fingerprint density at radius 1 is 0.786 bits per heavy atom. The Labute approximate surface area is 163 Å². The molecule has 0 fully saturated rings. The second kappa shape index (κ2) is 9.75. The first-order valence-electron chi connectivity index (χ1n) is 8.67. The molecule has 0 aliphatic carbocycles. The molecule has 0 unspecified atom stereocenters. The lowest BCUT2D eigenvalue weighted by Gasteiger charge is -2.17. The lowest BCUT2D eigenvalue weighted by atomic mass is 10.1. The monoisotopic (exact) mass is 388 g/mol. The first-order valence-corrected chi connectivity index (χ1v) is 8.67. The van der Waals surface area contributed by atoms with Gasteiger partial charge in [0.2, 0.25) is 0 Å². The van der Waals surface area contributed by atoms with Crippen molar-refractivity contribution < 1.29 is 33.6 Å². The van der Waals surface area contributed by atoms with Gasteiger partial charge in [0.15, 0.2) is 34.6 Å². The Balaban J connectivity index is 1.95. The number of aliphatic hydroxyl groups is 1. The van der Waals surface area contributed by atoms with E-state index in [1.54, 1.807) is 36.4 Å². The Morgan fingerprint density at radius 3 is 1.50 bits per heavy atom. The number of hydrogen-bond acceptors (Lipinski definition) is 7. The summed E-state index contributed by atoms with van der Waals surface area (Å²) in [6.07, 6.45) is -0.922. The van der Waals surface area contributed by atoms with Crippen molar-refractivity contribution in [3.8, 4) is 23.0 Å². The molecule has 0 aliphatic heterocycles. The number of aliphatic hydroxyl groups excluding tert-OH is 1. The van der Waals surface area contributed by atoms with Crippen molar-refractivity contribution in [2.24, 2.45) is 0 Å². The molecule has 28 heavy (non-hydrogen) atoms. The van der Waals surface area contributed by atoms with Crippen LogP contribution in [0.5, 0.6) is 23.0 Å². The molecule has 0 saturated carbocycles. The minimum absolute atomic E-state index is 0.0381. The standard InChI is InChI=1S/C21H24O7/c1-13(22)15-5-7-18(20(9-15)25-3)27-11-17(24)12-28-19-8-6-16(14(2)23)10-21(19)26-4/h5-10,17,24H,11-12H2,1-4H3. The predicted octanol–water partition coefficient (Wildman–Crippen LogP) is 2.93. The summed E-state index contributed by atoms with van der Waals surface area (Å²) in [7, 11) is 2.95. The van der Waals surface area contributed by atoms with Crippen LogP contribution in [0.15, 0.2) is 36.4 Å². The van der Waals surface area contributed by atoms with Crippen LogP contribution in [0.25, 0.3) is 0 Å². The average molecular weight is 388 g/mol. The lowest BCUT2D eigenvalue weighted by Crippen LogP contribution is -2.25. The van der Waals surface area contributed by atoms with Crippen LogP contribution in [0.3, 0.4) is 0 Å². The van der Waals surface area contributed by atoms with Crippen molar-refractivity contribution in [1.29, 1.82) is 0 Å². The topological polar surface area (TPSA) is 91.3 Å². The number of hydrogen-bond donors (Lipinski definition) is 1. The first-order chi connectivity index (χ1) is 13.3. The molecule has 0 amide bonds. The quantitative estimate of drug-likeness (QED) is 0.626. The number of methoxy groups -OCH3 is 2. The van der Waals surface area contributed by atoms with Gasteiger partial charge in [0.1, 0.15) is 19.3 Å². The van der Waals surface area contributed by atoms with E-state index in [-0.39, 0.29) is 24.8 Å². The van der Waals surface area contributed by atoms with Crippen LogP contribution in [0.4, 0.5) is 0 Å². The molecule has 0 aromatic heterocycles. The zero-order valence-electron chi connectivity index (χ0n) is 16.4. The van der Waals surface area contributed by atoms with E-state index < -0.39 is 6.10 Å². The van der Waals surface area contributed by atoms with E-state index in [2.05, 4.69) is 0 Å². The van der Waals surface area contributed by atoms with E-state index in [1.807, 2.05) is 0 Å². The minimum Gasteiger partial charge on any atom is -0.493 e. The van der Waals surface area contributed by atoms with Gasteiger partial charge in [0.05, 0.1) is 14.2 Å². The number of rotatable bonds is 10. The fourth-order valence-corrected chi connectivity index (χ4v) is 2.43. The number of benzene rings is 2. The number of ketones is 2. The summed E-state index contributed by atoms with van der Waals surface area (Å²) in [4.78, 5) is 22.9. The molecule has 0 aliphatic rings. The largest absolute Gasteiger partial charge is 0.493 e. The van der Waals surface area contributed by atoms with Gasteiger partial charge < -0.3 is 24.1 Å². The second-order valence-corrected chi connectivity index (χ2v) is 6.12. The molecular formula is C21H24O7. The molecule has 7 nitrogen and oxygen atoms in total. The van der Waals surface area contributed by atoms with Crippen LogP contribution in [0, 0.1) is 0 Å². The summed E-state index contributed by atoms with van der Waals surface area (Å²) < 4.78 is 21.6. The highest BCUT2D eigenvalue weighted by Crippen LogP contribution is 2.30. The molecule has 2 rings (SSSR count). The molecule has 2 aromatic rings. The summed E-state index contributed by atoms with van der Waals surface area (Å²) >= 11 is 0. The lowest BCUT2D eigenvalue weighted by molar-refractivity contribution is 0.0606. The number of ether oxygens (including phenoxy) is 4. The molecule has 0 bridgehead atoms. The van der Waals surface area contributed by atoms with Crippen molar-refractivity contribution in [2.75, 3.05) is 27.4 Å². The third-order valence-corrected chi connectivity index (χ3v) is 4.00. The summed E-state index contributed by atoms with van der Waals surface area (Å²) in [5.41, 5.74) is 1.02. The van der Waals surface area contributed by atoms with Crippen molar-refractivity contribution >= 4 is 11.6 Å². The zero-order chi connectivity index (χ0) is 20.7. The zero-order valence-corrected chi connectivity index (χ0v) is 16.4. The van der Waals surface area contributed by atoms with Crippen LogP contribution in [0.1, 0.15) is 34.6 Å². The van der Waals surface area contributed by atoms with Crippen molar-refractivity contribution in [2.45, 2.75) is 20.0 Å². The number of carbonyl (C=O) groups is 2. The maximum absolute atomic E-state index is 11.4. The Morgan fingerprint density at radius 2 is 1.18 bits per heavy atom. The molecule has 2 aromatic carbocycles. The third-order valence-electron chi connectivity index (χ3n) is 4.00. The highest BCUT2D eigenvalue weighted by Gasteiger charge is 2.14. The average Bonchev–Trinajstić information content (AvgIpc) is 2.70. The normalized spacial score (nSPS) is 10.5. The molecule has 0 heterocycles. The predicted molar refractivity (Wildman–Crippen MR) is 103 cm³/mol. The van der Waals surface area contributed by atoms with E-state index in [0.29, 0.717) is 34.1 Å². The highest BCUT2D eigenvalue weighted by molar-refractivity contribution is 5.95. The van der Waals surface area contributed by atoms with Gasteiger partial charge in [0, 0.05) is 11.1 Å². The van der Waals surface area contributed by atoms with Crippen molar-refractivity contribution in [3.05, 3.63) is 47.5 Å². The van der Waals surface area contributed by atoms with E-state index >= 15 is 0 Å². The SMILES string of the molecule is COc1cc(C(C)=O)ccc1OCC(O)COc1ccc(C(C)=O)cc1OC. The summed E-state index contributed by atoms with van der Waals surface area (Å²) in [5.74, 6) is 1.47. The van der Waals surface area contributed by atoms with Gasteiger partial charge in [-0.1, -0.05) is 0 Å². The molecule has 150 valence electrons. The maximum atomic E-state index is 11.4. The van der Waals surface area contributed by atoms with Crippen LogP contribution in [0.2, 0.25) is 0 Å². The van der Waals surface area contributed by atoms with Gasteiger partial charge in [-0.3, -0.25) is 9.59 Å². The van der Waals surface area contributed by atoms with Gasteiger partial charge in [-0.2, -0.15) is 0 Å². The van der Waals surface area contributed by atoms with Gasteiger partial charge >= 0.3 is 0 Å². The van der Waals surface area contributed by atoms with Gasteiger partial charge in [-0.15, -0.1) is 0 Å². The fourth-order valence-electron chi connectivity index (χ4n) is 2.43. The highest BCUT2D eigenvalue weighted by atomic mass is 16.5. The summed E-state index contributed by atoms with van der Waals surface area (Å²) in [6, 6.07) is 9.66. The molecule has 0 atom stereocenters.